The third-order valence-electron chi connectivity index (χ3n) is 7.71. The van der Waals surface area contributed by atoms with Crippen LogP contribution in [0.5, 0.6) is 23.0 Å². The Labute approximate surface area is 277 Å². The van der Waals surface area contributed by atoms with E-state index in [4.69, 9.17) is 14.2 Å². The minimum absolute atomic E-state index is 0.179. The van der Waals surface area contributed by atoms with Gasteiger partial charge < -0.3 is 35.5 Å². The van der Waals surface area contributed by atoms with Crippen LogP contribution in [0.4, 0.5) is 0 Å². The summed E-state index contributed by atoms with van der Waals surface area (Å²) in [5.74, 6) is 0.111. The highest BCUT2D eigenvalue weighted by atomic mass is 16.5. The van der Waals surface area contributed by atoms with E-state index in [1.165, 1.54) is 19.8 Å². The van der Waals surface area contributed by atoms with Gasteiger partial charge in [-0.25, -0.2) is 0 Å². The maximum absolute atomic E-state index is 13.2. The molecule has 256 valence electrons. The van der Waals surface area contributed by atoms with Gasteiger partial charge in [0.25, 0.3) is 5.91 Å². The molecular formula is C35H49N5O7. The number of nitrogens with one attached hydrogen (secondary N) is 4. The molecule has 4 N–H and O–H groups in total. The van der Waals surface area contributed by atoms with E-state index in [0.29, 0.717) is 61.2 Å². The minimum atomic E-state index is -0.823. The lowest BCUT2D eigenvalue weighted by Gasteiger charge is -2.24. The van der Waals surface area contributed by atoms with Gasteiger partial charge in [0.1, 0.15) is 12.1 Å². The zero-order valence-electron chi connectivity index (χ0n) is 28.5. The SMILES string of the molecule is COc1cc2ccc1Oc1ccc(cc1OC)C(=O)NCCN(CC=C(C)C)CCCC(=O)N[C@H](C)C(=O)N[C@@H](C(C)C)C(=O)NC2. The molecule has 0 fully saturated rings. The van der Waals surface area contributed by atoms with Crippen LogP contribution < -0.4 is 35.5 Å². The molecule has 0 spiro atoms. The number of hydrogen-bond donors (Lipinski definition) is 4. The van der Waals surface area contributed by atoms with Gasteiger partial charge in [-0.15, -0.1) is 0 Å². The Morgan fingerprint density at radius 3 is 2.28 bits per heavy atom. The topological polar surface area (TPSA) is 147 Å². The Morgan fingerprint density at radius 2 is 1.62 bits per heavy atom. The standard InChI is InChI=1S/C35H49N5O7/c1-22(2)14-17-40-16-8-9-31(41)38-24(5)33(42)39-32(23(3)4)35(44)37-21-25-10-12-27(29(19-25)45-6)47-28-13-11-26(20-30(28)46-7)34(43)36-15-18-40/h10-14,19-20,23-24,32H,8-9,15-18,21H2,1-7H3,(H,36,43)(H,37,44)(H,38,41)(H,39,42)/t24-,32+/m1/s1. The van der Waals surface area contributed by atoms with Gasteiger partial charge in [0, 0.05) is 38.2 Å². The second-order valence-electron chi connectivity index (χ2n) is 12.1. The number of carbonyl (C=O) groups is 4. The maximum atomic E-state index is 13.2. The third-order valence-corrected chi connectivity index (χ3v) is 7.71. The van der Waals surface area contributed by atoms with Gasteiger partial charge in [-0.05, 0) is 75.5 Å². The molecule has 2 atom stereocenters. The molecular weight excluding hydrogens is 602 g/mol. The van der Waals surface area contributed by atoms with Gasteiger partial charge in [0.15, 0.2) is 23.0 Å². The number of methoxy groups -OCH3 is 2. The highest BCUT2D eigenvalue weighted by Gasteiger charge is 2.27. The molecule has 0 saturated heterocycles. The number of fused-ring (bicyclic) bond motifs is 2. The predicted octanol–water partition coefficient (Wildman–Crippen LogP) is 3.55. The number of carbonyl (C=O) groups excluding carboxylic acids is 4. The molecule has 4 bridgehead atoms. The van der Waals surface area contributed by atoms with Crippen LogP contribution in [0.3, 0.4) is 0 Å². The Bertz CT molecular complexity index is 1440. The fraction of sp³-hybridized carbons (Fsp3) is 0.486. The summed E-state index contributed by atoms with van der Waals surface area (Å²) in [6.45, 7) is 11.8. The van der Waals surface area contributed by atoms with Crippen LogP contribution in [0.15, 0.2) is 48.0 Å². The monoisotopic (exact) mass is 651 g/mol. The van der Waals surface area contributed by atoms with Crippen LogP contribution in [0.1, 0.15) is 63.4 Å². The molecule has 0 aliphatic carbocycles. The van der Waals surface area contributed by atoms with Crippen molar-refractivity contribution in [2.24, 2.45) is 5.92 Å². The van der Waals surface area contributed by atoms with Gasteiger partial charge in [0.2, 0.25) is 17.7 Å². The Morgan fingerprint density at radius 1 is 0.936 bits per heavy atom. The summed E-state index contributed by atoms with van der Waals surface area (Å²) in [7, 11) is 3.01. The maximum Gasteiger partial charge on any atom is 0.251 e. The fourth-order valence-electron chi connectivity index (χ4n) is 4.91. The summed E-state index contributed by atoms with van der Waals surface area (Å²) in [6.07, 6.45) is 2.88. The number of allylic oxidation sites excluding steroid dienone is 1. The number of ether oxygens (including phenoxy) is 3. The summed E-state index contributed by atoms with van der Waals surface area (Å²) < 4.78 is 17.2. The molecule has 0 saturated carbocycles. The predicted molar refractivity (Wildman–Crippen MR) is 180 cm³/mol. The molecule has 5 rings (SSSR count). The Hall–Kier alpha value is -4.58. The molecule has 4 amide bonds. The zero-order valence-corrected chi connectivity index (χ0v) is 28.5. The van der Waals surface area contributed by atoms with E-state index in [-0.39, 0.29) is 36.6 Å². The number of rotatable bonds is 5. The molecule has 2 aromatic rings. The van der Waals surface area contributed by atoms with Crippen LogP contribution in [0.25, 0.3) is 0 Å². The molecule has 47 heavy (non-hydrogen) atoms. The van der Waals surface area contributed by atoms with Crippen LogP contribution in [-0.4, -0.2) is 81.0 Å². The molecule has 3 heterocycles. The van der Waals surface area contributed by atoms with E-state index in [1.54, 1.807) is 43.3 Å². The van der Waals surface area contributed by atoms with Gasteiger partial charge in [0.05, 0.1) is 14.2 Å². The smallest absolute Gasteiger partial charge is 0.251 e. The van der Waals surface area contributed by atoms with Crippen molar-refractivity contribution in [3.63, 3.8) is 0 Å². The lowest BCUT2D eigenvalue weighted by atomic mass is 10.0. The van der Waals surface area contributed by atoms with Crippen molar-refractivity contribution in [1.82, 2.24) is 26.2 Å². The van der Waals surface area contributed by atoms with Gasteiger partial charge in [-0.2, -0.15) is 0 Å². The van der Waals surface area contributed by atoms with Gasteiger partial charge >= 0.3 is 0 Å². The first-order chi connectivity index (χ1) is 22.4. The first-order valence-corrected chi connectivity index (χ1v) is 16.0. The van der Waals surface area contributed by atoms with Crippen molar-refractivity contribution in [3.8, 4) is 23.0 Å². The van der Waals surface area contributed by atoms with Crippen LogP contribution in [-0.2, 0) is 20.9 Å². The first-order valence-electron chi connectivity index (χ1n) is 16.0. The first kappa shape index (κ1) is 36.9. The zero-order chi connectivity index (χ0) is 34.5. The average molecular weight is 652 g/mol. The quantitative estimate of drug-likeness (QED) is 0.359. The molecule has 12 nitrogen and oxygen atoms in total. The van der Waals surface area contributed by atoms with Crippen molar-refractivity contribution in [3.05, 3.63) is 59.2 Å². The van der Waals surface area contributed by atoms with E-state index in [9.17, 15) is 19.2 Å². The average Bonchev–Trinajstić information content (AvgIpc) is 3.04. The van der Waals surface area contributed by atoms with Crippen LogP contribution in [0.2, 0.25) is 0 Å². The van der Waals surface area contributed by atoms with Gasteiger partial charge in [-0.3, -0.25) is 24.1 Å². The number of amides is 4. The van der Waals surface area contributed by atoms with Crippen molar-refractivity contribution in [2.45, 2.75) is 66.1 Å². The second-order valence-corrected chi connectivity index (χ2v) is 12.1. The molecule has 12 heteroatoms. The van der Waals surface area contributed by atoms with Crippen molar-refractivity contribution < 1.29 is 33.4 Å². The second kappa shape index (κ2) is 17.9. The highest BCUT2D eigenvalue weighted by Crippen LogP contribution is 2.37. The lowest BCUT2D eigenvalue weighted by molar-refractivity contribution is -0.132. The highest BCUT2D eigenvalue weighted by molar-refractivity contribution is 5.95. The van der Waals surface area contributed by atoms with E-state index in [0.717, 1.165) is 5.56 Å². The van der Waals surface area contributed by atoms with Crippen molar-refractivity contribution in [2.75, 3.05) is 40.4 Å². The summed E-state index contributed by atoms with van der Waals surface area (Å²) in [6, 6.07) is 8.58. The van der Waals surface area contributed by atoms with Crippen LogP contribution >= 0.6 is 0 Å². The van der Waals surface area contributed by atoms with E-state index in [2.05, 4.69) is 32.2 Å². The number of hydrogen-bond acceptors (Lipinski definition) is 8. The molecule has 3 aliphatic heterocycles. The Balaban J connectivity index is 1.88. The minimum Gasteiger partial charge on any atom is -0.493 e. The lowest BCUT2D eigenvalue weighted by Crippen LogP contribution is -2.54. The summed E-state index contributed by atoms with van der Waals surface area (Å²) in [5, 5.41) is 11.4. The fourth-order valence-corrected chi connectivity index (χ4v) is 4.91. The Kier molecular flexibility index (Phi) is 14.1. The number of benzene rings is 2. The number of nitrogens with zero attached hydrogens (tertiary/aromatic N) is 1. The van der Waals surface area contributed by atoms with Crippen molar-refractivity contribution >= 4 is 23.6 Å². The largest absolute Gasteiger partial charge is 0.493 e. The summed E-state index contributed by atoms with van der Waals surface area (Å²) in [4.78, 5) is 54.0. The van der Waals surface area contributed by atoms with E-state index in [1.807, 2.05) is 27.7 Å². The molecule has 3 aliphatic rings. The third kappa shape index (κ3) is 11.3. The molecule has 0 unspecified atom stereocenters. The summed E-state index contributed by atoms with van der Waals surface area (Å²) >= 11 is 0. The molecule has 2 aromatic carbocycles. The van der Waals surface area contributed by atoms with Crippen LogP contribution in [0, 0.1) is 5.92 Å². The van der Waals surface area contributed by atoms with Gasteiger partial charge in [-0.1, -0.05) is 31.6 Å². The molecule has 0 radical (unpaired) electrons. The van der Waals surface area contributed by atoms with E-state index >= 15 is 0 Å². The van der Waals surface area contributed by atoms with Crippen molar-refractivity contribution in [1.29, 1.82) is 0 Å². The summed E-state index contributed by atoms with van der Waals surface area (Å²) in [5.41, 5.74) is 2.33. The van der Waals surface area contributed by atoms with E-state index < -0.39 is 18.0 Å². The molecule has 0 aromatic heterocycles. The normalized spacial score (nSPS) is 19.2.